The Bertz CT molecular complexity index is 5310. The zero-order chi connectivity index (χ0) is 81.4. The van der Waals surface area contributed by atoms with Gasteiger partial charge in [-0.2, -0.15) is 0 Å². The van der Waals surface area contributed by atoms with Gasteiger partial charge in [-0.25, -0.2) is 24.0 Å². The molecule has 2 aliphatic rings. The van der Waals surface area contributed by atoms with Crippen LogP contribution in [-0.4, -0.2) is 105 Å². The first kappa shape index (κ1) is 84.4. The highest BCUT2D eigenvalue weighted by atomic mass is 16.7. The van der Waals surface area contributed by atoms with Gasteiger partial charge < -0.3 is 47.5 Å². The highest BCUT2D eigenvalue weighted by Crippen LogP contribution is 2.37. The number of hydrogen-bond donors (Lipinski definition) is 1. The normalized spacial score (nSPS) is 13.4. The molecular formula is C86H95N11O16. The van der Waals surface area contributed by atoms with E-state index in [1.165, 1.54) is 84.1 Å². The Labute approximate surface area is 654 Å². The van der Waals surface area contributed by atoms with Crippen LogP contribution in [0.4, 0.5) is 17.1 Å². The molecule has 6 aromatic carbocycles. The van der Waals surface area contributed by atoms with Crippen LogP contribution in [-0.2, 0) is 52.6 Å². The first-order valence-corrected chi connectivity index (χ1v) is 37.9. The third-order valence-electron chi connectivity index (χ3n) is 20.0. The number of hydrogen-bond acceptors (Lipinski definition) is 20. The number of aliphatic hydroxyl groups is 1. The van der Waals surface area contributed by atoms with Crippen LogP contribution >= 0.6 is 0 Å². The van der Waals surface area contributed by atoms with Crippen LogP contribution in [0, 0.1) is 52.5 Å². The molecule has 0 radical (unpaired) electrons. The molecule has 10 aromatic rings. The number of unbranched alkanes of at least 4 members (excludes halogenated alkanes) is 3. The third-order valence-corrected chi connectivity index (χ3v) is 20.0. The lowest BCUT2D eigenvalue weighted by molar-refractivity contribution is -0.385. The molecule has 590 valence electrons. The first-order valence-electron chi connectivity index (χ1n) is 37.9. The zero-order valence-electron chi connectivity index (χ0n) is 65.4. The number of carbonyl (C=O) groups excluding carboxylic acids is 6. The Kier molecular flexibility index (Phi) is 30.2. The van der Waals surface area contributed by atoms with Crippen LogP contribution in [0.1, 0.15) is 194 Å². The summed E-state index contributed by atoms with van der Waals surface area (Å²) in [7, 11) is 3.81. The molecule has 2 fully saturated rings. The average Bonchev–Trinajstić information content (AvgIpc) is 1.65. The Balaban J connectivity index is 0.000000175. The molecule has 2 aliphatic carbocycles. The lowest BCUT2D eigenvalue weighted by Gasteiger charge is -2.21. The summed E-state index contributed by atoms with van der Waals surface area (Å²) >= 11 is 0. The topological polar surface area (TPSA) is 329 Å². The number of rotatable bonds is 27. The van der Waals surface area contributed by atoms with Crippen molar-refractivity contribution < 1.29 is 67.8 Å². The fourth-order valence-electron chi connectivity index (χ4n) is 14.4. The second kappa shape index (κ2) is 40.4. The van der Waals surface area contributed by atoms with Crippen molar-refractivity contribution in [3.63, 3.8) is 0 Å². The van der Waals surface area contributed by atoms with Gasteiger partial charge in [0.1, 0.15) is 23.8 Å². The van der Waals surface area contributed by atoms with Gasteiger partial charge in [0.05, 0.1) is 56.6 Å². The number of nitrogens with zero attached hydrogens (tertiary/aromatic N) is 11. The van der Waals surface area contributed by atoms with E-state index in [1.807, 2.05) is 131 Å². The molecule has 0 atom stereocenters. The minimum Gasteiger partial charge on any atom is -0.491 e. The van der Waals surface area contributed by atoms with Gasteiger partial charge >= 0.3 is 23.9 Å². The number of aromatic nitrogens is 4. The van der Waals surface area contributed by atoms with Gasteiger partial charge in [0, 0.05) is 145 Å². The van der Waals surface area contributed by atoms with E-state index in [0.29, 0.717) is 64.3 Å². The number of fused-ring (bicyclic) bond motifs is 4. The average molecular weight is 1540 g/mol. The van der Waals surface area contributed by atoms with Crippen LogP contribution in [0.2, 0.25) is 0 Å². The molecule has 0 unspecified atom stereocenters. The van der Waals surface area contributed by atoms with Crippen molar-refractivity contribution in [3.8, 4) is 17.1 Å². The van der Waals surface area contributed by atoms with Crippen LogP contribution in [0.5, 0.6) is 5.75 Å². The monoisotopic (exact) mass is 1540 g/mol. The molecule has 0 amide bonds. The van der Waals surface area contributed by atoms with Gasteiger partial charge in [-0.3, -0.25) is 29.8 Å². The predicted octanol–water partition coefficient (Wildman–Crippen LogP) is 18.6. The zero-order valence-corrected chi connectivity index (χ0v) is 65.4. The Morgan fingerprint density at radius 3 is 1.71 bits per heavy atom. The van der Waals surface area contributed by atoms with Crippen molar-refractivity contribution in [2.45, 2.75) is 165 Å². The van der Waals surface area contributed by atoms with Crippen LogP contribution in [0.3, 0.4) is 0 Å². The van der Waals surface area contributed by atoms with Gasteiger partial charge in [-0.15, -0.1) is 0 Å². The lowest BCUT2D eigenvalue weighted by atomic mass is 9.84. The van der Waals surface area contributed by atoms with E-state index < -0.39 is 33.7 Å². The minimum absolute atomic E-state index is 0.00236. The summed E-state index contributed by atoms with van der Waals surface area (Å²) in [4.78, 5) is 116. The molecule has 4 aromatic heterocycles. The van der Waals surface area contributed by atoms with E-state index in [2.05, 4.69) is 37.2 Å². The van der Waals surface area contributed by atoms with Crippen LogP contribution in [0.25, 0.3) is 59.8 Å². The summed E-state index contributed by atoms with van der Waals surface area (Å²) in [5, 5.41) is 50.2. The number of aliphatic hydroxyl groups excluding tert-OH is 1. The number of non-ortho nitro benzene ring substituents is 2. The smallest absolute Gasteiger partial charge is 0.331 e. The number of nitro groups is 2. The molecule has 0 spiro atoms. The van der Waals surface area contributed by atoms with Crippen LogP contribution < -0.4 is 4.74 Å². The quantitative estimate of drug-likeness (QED) is 0.00950. The second-order valence-electron chi connectivity index (χ2n) is 28.0. The van der Waals surface area contributed by atoms with E-state index in [0.717, 1.165) is 136 Å². The molecule has 27 heteroatoms. The largest absolute Gasteiger partial charge is 0.491 e. The highest BCUT2D eigenvalue weighted by Gasteiger charge is 2.30. The minimum atomic E-state index is -0.570. The van der Waals surface area contributed by atoms with Crippen molar-refractivity contribution in [1.82, 2.24) is 18.3 Å². The highest BCUT2D eigenvalue weighted by molar-refractivity contribution is 6.49. The van der Waals surface area contributed by atoms with Crippen molar-refractivity contribution in [2.24, 2.45) is 46.6 Å². The Morgan fingerprint density at radius 2 is 1.10 bits per heavy atom. The number of ether oxygens (including phenoxy) is 1. The van der Waals surface area contributed by atoms with Gasteiger partial charge in [-0.1, -0.05) is 147 Å². The third kappa shape index (κ3) is 21.9. The molecule has 0 saturated heterocycles. The van der Waals surface area contributed by atoms with Gasteiger partial charge in [-0.05, 0) is 131 Å². The number of aryl methyl sites for hydroxylation is 2. The summed E-state index contributed by atoms with van der Waals surface area (Å²) < 4.78 is 13.2. The summed E-state index contributed by atoms with van der Waals surface area (Å²) in [6.45, 7) is 20.2. The molecular weight excluding hydrogens is 1440 g/mol. The van der Waals surface area contributed by atoms with Crippen molar-refractivity contribution in [2.75, 3.05) is 13.2 Å². The molecule has 4 heterocycles. The predicted molar refractivity (Wildman–Crippen MR) is 434 cm³/mol. The maximum absolute atomic E-state index is 13.8. The van der Waals surface area contributed by atoms with E-state index in [9.17, 15) is 49.0 Å². The standard InChI is InChI=1S/C26H27N3O5.C24H25N3O4.C21H25N3O3.C15H18N2O4/c1-17-25(26(31)23(27-34-18(2)30)16-19-8-4-3-5-9-19)22-10-6-7-11-24(22)28(17)20-12-14-21(15-13-20)29(32)33;1-17(28)31-25-23(15-10-18-6-2-3-7-18)22-16-26(24-9-5-4-8-21(22)24)19-11-13-20(14-12-19)27(29)30;1-6-7-8-9-10-18(23-27-15(3)25)21(26)20-14(2)24(5)19-12-11-16(22-4)13-17(19)20;1-10(16-21-11(2)19)14-9-17(3)15-5-4-12(8-13(14)15)20-7-6-18/h6-7,10-15,19H,3-5,8-9,16H2,1-2H3;4-5,8-9,11-14,16,18H,2-3,6-7,10,15H2,1H3;11-13H,6-10H2,1-3,5H3;4-5,8-9,18H,6-7H2,1-3H3/b27-23+;25-23+;23-18+;16-10+. The first-order chi connectivity index (χ1) is 54.3. The summed E-state index contributed by atoms with van der Waals surface area (Å²) in [5.41, 5.74) is 11.8. The maximum Gasteiger partial charge on any atom is 0.331 e. The van der Waals surface area contributed by atoms with Crippen LogP contribution in [0.15, 0.2) is 166 Å². The number of Topliss-reactive ketones (excluding diaryl/α,β-unsaturated/α-hetero) is 2. The second-order valence-corrected chi connectivity index (χ2v) is 28.0. The molecule has 12 rings (SSSR count). The Morgan fingerprint density at radius 1 is 0.549 bits per heavy atom. The van der Waals surface area contributed by atoms with E-state index in [-0.39, 0.29) is 47.6 Å². The van der Waals surface area contributed by atoms with Gasteiger partial charge in [0.15, 0.2) is 5.69 Å². The van der Waals surface area contributed by atoms with E-state index >= 15 is 0 Å². The number of ketones is 2. The van der Waals surface area contributed by atoms with Gasteiger partial charge in [0.25, 0.3) is 11.4 Å². The Hall–Kier alpha value is -12.6. The van der Waals surface area contributed by atoms with Gasteiger partial charge in [0.2, 0.25) is 11.6 Å². The fraction of sp³-hybridized carbons (Fsp3) is 0.360. The van der Waals surface area contributed by atoms with E-state index in [1.54, 1.807) is 43.3 Å². The number of oxime groups is 4. The molecule has 0 aliphatic heterocycles. The molecule has 0 bridgehead atoms. The van der Waals surface area contributed by atoms with Crippen molar-refractivity contribution in [1.29, 1.82) is 0 Å². The number of benzene rings is 6. The summed E-state index contributed by atoms with van der Waals surface area (Å²) in [6, 6.07) is 39.1. The SMILES string of the molecule is CC(=O)O/N=C(\C)c1cn(C)c2ccc(OCCO)cc12.CC(=O)O/N=C(\CC1CCCCC1)C(=O)c1c(C)n(-c2ccc([N+](=O)[O-])cc2)c2ccccc12.CC(=O)O/N=C(\CCC1CCCC1)c1cn(-c2ccc([N+](=O)[O-])cc2)c2ccccc12.[C-]#[N+]c1ccc2c(c1)c(C(=O)/C(CCCCCC)=N/OC(C)=O)c(C)n2C. The van der Waals surface area contributed by atoms with Crippen molar-refractivity contribution >= 4 is 119 Å². The molecule has 1 N–H and O–H groups in total. The van der Waals surface area contributed by atoms with Crippen molar-refractivity contribution in [3.05, 3.63) is 211 Å². The molecule has 113 heavy (non-hydrogen) atoms. The number of para-hydroxylation sites is 2. The maximum atomic E-state index is 13.8. The summed E-state index contributed by atoms with van der Waals surface area (Å²) in [5.74, 6) is -0.860. The van der Waals surface area contributed by atoms with E-state index in [4.69, 9.17) is 30.9 Å². The number of carbonyl (C=O) groups is 6. The fourth-order valence-corrected chi connectivity index (χ4v) is 14.4. The summed E-state index contributed by atoms with van der Waals surface area (Å²) in [6.07, 6.45) is 21.0. The lowest BCUT2D eigenvalue weighted by Crippen LogP contribution is -2.21. The number of nitro benzene ring substituents is 2. The molecule has 2 saturated carbocycles. The molecule has 27 nitrogen and oxygen atoms in total.